The number of ether oxygens (including phenoxy) is 1. The lowest BCUT2D eigenvalue weighted by Gasteiger charge is -2.50. The number of benzene rings is 1. The van der Waals surface area contributed by atoms with E-state index in [1.54, 1.807) is 0 Å². The van der Waals surface area contributed by atoms with Crippen LogP contribution in [-0.2, 0) is 9.53 Å². The Morgan fingerprint density at radius 1 is 1.31 bits per heavy atom. The number of carbonyl (C=O) groups excluding carboxylic acids is 1. The lowest BCUT2D eigenvalue weighted by atomic mass is 9.98. The summed E-state index contributed by atoms with van der Waals surface area (Å²) in [5.74, 6) is -0.0696. The van der Waals surface area contributed by atoms with Crippen LogP contribution in [0, 0.1) is 6.92 Å². The van der Waals surface area contributed by atoms with Crippen molar-refractivity contribution in [2.75, 3.05) is 18.1 Å². The second kappa shape index (κ2) is 6.19. The highest BCUT2D eigenvalue weighted by atomic mass is 79.9. The first-order chi connectivity index (χ1) is 12.5. The minimum atomic E-state index is -0.257. The molecule has 4 unspecified atom stereocenters. The summed E-state index contributed by atoms with van der Waals surface area (Å²) in [6.45, 7) is 3.66. The number of aryl methyl sites for hydroxylation is 1. The summed E-state index contributed by atoms with van der Waals surface area (Å²) in [6, 6.07) is 3.85. The van der Waals surface area contributed by atoms with Crippen molar-refractivity contribution in [1.29, 1.82) is 0 Å². The van der Waals surface area contributed by atoms with Crippen molar-refractivity contribution < 1.29 is 9.53 Å². The van der Waals surface area contributed by atoms with Crippen molar-refractivity contribution in [3.05, 3.63) is 39.0 Å². The molecule has 0 aliphatic carbocycles. The van der Waals surface area contributed by atoms with Crippen LogP contribution < -0.4 is 21.1 Å². The molecule has 1 aromatic carbocycles. The van der Waals surface area contributed by atoms with E-state index in [0.717, 1.165) is 35.2 Å². The van der Waals surface area contributed by atoms with Crippen molar-refractivity contribution in [1.82, 2.24) is 21.0 Å². The van der Waals surface area contributed by atoms with Gasteiger partial charge in [-0.2, -0.15) is 0 Å². The number of nitrogens with zero attached hydrogens (tertiary/aromatic N) is 2. The first-order valence-electron chi connectivity index (χ1n) is 8.67. The number of halogens is 2. The Labute approximate surface area is 164 Å². The third-order valence-corrected chi connectivity index (χ3v) is 6.06. The van der Waals surface area contributed by atoms with Gasteiger partial charge in [0.1, 0.15) is 12.5 Å². The van der Waals surface area contributed by atoms with Gasteiger partial charge in [0.25, 0.3) is 5.91 Å². The molecule has 9 heteroatoms. The molecule has 5 aliphatic rings. The van der Waals surface area contributed by atoms with Crippen LogP contribution in [0.4, 0.5) is 5.69 Å². The number of carbonyl (C=O) groups is 1. The Kier molecular flexibility index (Phi) is 4.04. The van der Waals surface area contributed by atoms with E-state index in [9.17, 15) is 4.79 Å². The van der Waals surface area contributed by atoms with Crippen LogP contribution in [-0.4, -0.2) is 48.6 Å². The lowest BCUT2D eigenvalue weighted by molar-refractivity contribution is -0.194. The second-order valence-corrected chi connectivity index (χ2v) is 8.50. The molecule has 5 aliphatic heterocycles. The molecule has 3 N–H and O–H groups in total. The van der Waals surface area contributed by atoms with E-state index in [1.807, 2.05) is 30.3 Å². The zero-order chi connectivity index (χ0) is 18.0. The Hall–Kier alpha value is -1.16. The molecule has 0 aromatic heterocycles. The molecule has 4 atom stereocenters. The predicted octanol–water partition coefficient (Wildman–Crippen LogP) is 1.42. The largest absolute Gasteiger partial charge is 0.372 e. The zero-order valence-corrected chi connectivity index (χ0v) is 16.5. The van der Waals surface area contributed by atoms with Gasteiger partial charge in [0, 0.05) is 30.2 Å². The van der Waals surface area contributed by atoms with Crippen LogP contribution in [0.5, 0.6) is 0 Å². The molecule has 4 saturated heterocycles. The van der Waals surface area contributed by atoms with E-state index in [0.29, 0.717) is 22.8 Å². The Morgan fingerprint density at radius 2 is 2.04 bits per heavy atom. The number of hydrogen-bond acceptors (Lipinski definition) is 6. The van der Waals surface area contributed by atoms with E-state index in [1.165, 1.54) is 0 Å². The molecule has 7 nitrogen and oxygen atoms in total. The SMILES string of the molecule is Cc1cc(Br)cc(Cl)c1N1C=C2C(=O)NC(N3CC4CC(C3)O4)NC2N1. The van der Waals surface area contributed by atoms with Gasteiger partial charge in [-0.1, -0.05) is 27.5 Å². The summed E-state index contributed by atoms with van der Waals surface area (Å²) < 4.78 is 6.61. The summed E-state index contributed by atoms with van der Waals surface area (Å²) >= 11 is 9.89. The summed E-state index contributed by atoms with van der Waals surface area (Å²) in [6.07, 6.45) is 3.06. The first kappa shape index (κ1) is 17.0. The molecule has 4 fully saturated rings. The van der Waals surface area contributed by atoms with Crippen molar-refractivity contribution in [3.8, 4) is 0 Å². The number of fused-ring (bicyclic) bond motifs is 3. The fraction of sp³-hybridized carbons (Fsp3) is 0.471. The summed E-state index contributed by atoms with van der Waals surface area (Å²) in [4.78, 5) is 14.9. The molecular formula is C17H19BrClN5O2. The number of anilines is 1. The van der Waals surface area contributed by atoms with Gasteiger partial charge < -0.3 is 10.1 Å². The molecule has 2 bridgehead atoms. The van der Waals surface area contributed by atoms with Crippen molar-refractivity contribution >= 4 is 39.1 Å². The maximum Gasteiger partial charge on any atom is 0.254 e. The number of rotatable bonds is 2. The molecule has 26 heavy (non-hydrogen) atoms. The molecule has 0 saturated carbocycles. The third kappa shape index (κ3) is 2.76. The van der Waals surface area contributed by atoms with E-state index >= 15 is 0 Å². The van der Waals surface area contributed by atoms with Gasteiger partial charge in [-0.05, 0) is 24.6 Å². The van der Waals surface area contributed by atoms with Gasteiger partial charge in [0.05, 0.1) is 28.5 Å². The molecule has 1 aromatic rings. The molecule has 1 amide bonds. The maximum atomic E-state index is 12.6. The number of amides is 1. The van der Waals surface area contributed by atoms with Gasteiger partial charge in [0.2, 0.25) is 0 Å². The lowest BCUT2D eigenvalue weighted by Crippen LogP contribution is -2.71. The maximum absolute atomic E-state index is 12.6. The monoisotopic (exact) mass is 439 g/mol. The normalized spacial score (nSPS) is 33.4. The minimum absolute atomic E-state index is 0.0696. The van der Waals surface area contributed by atoms with Crippen LogP contribution in [0.1, 0.15) is 12.0 Å². The second-order valence-electron chi connectivity index (χ2n) is 7.18. The number of nitrogens with one attached hydrogen (secondary N) is 3. The Morgan fingerprint density at radius 3 is 2.73 bits per heavy atom. The van der Waals surface area contributed by atoms with Gasteiger partial charge in [-0.15, -0.1) is 0 Å². The number of hydrazine groups is 1. The van der Waals surface area contributed by atoms with E-state index in [-0.39, 0.29) is 18.4 Å². The quantitative estimate of drug-likeness (QED) is 0.646. The number of hydrogen-bond donors (Lipinski definition) is 3. The smallest absolute Gasteiger partial charge is 0.254 e. The summed E-state index contributed by atoms with van der Waals surface area (Å²) in [5.41, 5.74) is 5.85. The topological polar surface area (TPSA) is 68.9 Å². The van der Waals surface area contributed by atoms with E-state index in [4.69, 9.17) is 16.3 Å². The molecular weight excluding hydrogens is 422 g/mol. The number of morpholine rings is 1. The van der Waals surface area contributed by atoms with Crippen LogP contribution in [0.3, 0.4) is 0 Å². The van der Waals surface area contributed by atoms with Gasteiger partial charge in [-0.25, -0.2) is 5.43 Å². The first-order valence-corrected chi connectivity index (χ1v) is 9.84. The van der Waals surface area contributed by atoms with E-state index < -0.39 is 0 Å². The Bertz CT molecular complexity index is 779. The molecule has 0 radical (unpaired) electrons. The van der Waals surface area contributed by atoms with Crippen molar-refractivity contribution in [3.63, 3.8) is 0 Å². The zero-order valence-electron chi connectivity index (χ0n) is 14.1. The van der Waals surface area contributed by atoms with E-state index in [2.05, 4.69) is 36.9 Å². The fourth-order valence-corrected chi connectivity index (χ4v) is 5.17. The molecule has 5 heterocycles. The highest BCUT2D eigenvalue weighted by molar-refractivity contribution is 9.10. The Balaban J connectivity index is 1.36. The van der Waals surface area contributed by atoms with Gasteiger partial charge in [0.15, 0.2) is 0 Å². The minimum Gasteiger partial charge on any atom is -0.372 e. The van der Waals surface area contributed by atoms with Crippen molar-refractivity contribution in [2.24, 2.45) is 0 Å². The van der Waals surface area contributed by atoms with Gasteiger partial charge >= 0.3 is 0 Å². The number of piperidine rings is 1. The predicted molar refractivity (Wildman–Crippen MR) is 101 cm³/mol. The summed E-state index contributed by atoms with van der Waals surface area (Å²) in [5, 5.41) is 8.97. The summed E-state index contributed by atoms with van der Waals surface area (Å²) in [7, 11) is 0. The fourth-order valence-electron chi connectivity index (χ4n) is 4.11. The van der Waals surface area contributed by atoms with Crippen LogP contribution in [0.25, 0.3) is 0 Å². The van der Waals surface area contributed by atoms with Gasteiger partial charge in [-0.3, -0.25) is 20.0 Å². The van der Waals surface area contributed by atoms with Crippen molar-refractivity contribution in [2.45, 2.75) is 38.0 Å². The third-order valence-electron chi connectivity index (χ3n) is 5.31. The highest BCUT2D eigenvalue weighted by Gasteiger charge is 2.44. The highest BCUT2D eigenvalue weighted by Crippen LogP contribution is 2.35. The molecule has 0 spiro atoms. The van der Waals surface area contributed by atoms with Crippen LogP contribution >= 0.6 is 27.5 Å². The average Bonchev–Trinajstić information content (AvgIpc) is 2.97. The average molecular weight is 441 g/mol. The van der Waals surface area contributed by atoms with Crippen LogP contribution in [0.2, 0.25) is 5.02 Å². The molecule has 138 valence electrons. The molecule has 6 rings (SSSR count). The van der Waals surface area contributed by atoms with Crippen LogP contribution in [0.15, 0.2) is 28.4 Å². The standard InChI is InChI=1S/C17H19BrClN5O2/c1-8-2-9(18)3-13(19)14(8)24-7-12-15(22-24)20-17(21-16(12)25)23-5-10-4-11(6-23)26-10/h2-3,7,10-11,15,17,20,22H,4-6H2,1H3,(H,21,25).